The van der Waals surface area contributed by atoms with Gasteiger partial charge in [0.25, 0.3) is 0 Å². The van der Waals surface area contributed by atoms with Crippen molar-refractivity contribution in [3.63, 3.8) is 0 Å². The van der Waals surface area contributed by atoms with Crippen LogP contribution in [0.3, 0.4) is 0 Å². The molecule has 0 N–H and O–H groups in total. The fraction of sp³-hybridized carbons (Fsp3) is 0.357. The number of Topliss-reactive ketones (excluding diaryl/α,β-unsaturated/α-hetero) is 1. The third kappa shape index (κ3) is 3.30. The topological polar surface area (TPSA) is 56.0 Å². The SMILES string of the molecule is CC(C)(C)C(=O)Cc1nc(-c2cc(F)ccc2Br)no1. The molecule has 2 aromatic rings. The maximum Gasteiger partial charge on any atom is 0.234 e. The van der Waals surface area contributed by atoms with E-state index in [9.17, 15) is 9.18 Å². The fourth-order valence-corrected chi connectivity index (χ4v) is 1.93. The minimum absolute atomic E-state index is 0.00556. The molecule has 0 amide bonds. The zero-order valence-corrected chi connectivity index (χ0v) is 13.0. The molecule has 1 aromatic carbocycles. The smallest absolute Gasteiger partial charge is 0.234 e. The van der Waals surface area contributed by atoms with Gasteiger partial charge < -0.3 is 4.52 Å². The van der Waals surface area contributed by atoms with Crippen LogP contribution in [0.15, 0.2) is 27.2 Å². The Bertz CT molecular complexity index is 647. The van der Waals surface area contributed by atoms with Gasteiger partial charge in [0.05, 0.1) is 6.42 Å². The highest BCUT2D eigenvalue weighted by Crippen LogP contribution is 2.27. The van der Waals surface area contributed by atoms with Gasteiger partial charge in [-0.2, -0.15) is 4.98 Å². The van der Waals surface area contributed by atoms with Crippen molar-refractivity contribution in [1.82, 2.24) is 10.1 Å². The summed E-state index contributed by atoms with van der Waals surface area (Å²) >= 11 is 3.30. The molecule has 106 valence electrons. The van der Waals surface area contributed by atoms with E-state index in [0.717, 1.165) is 0 Å². The summed E-state index contributed by atoms with van der Waals surface area (Å²) in [4.78, 5) is 16.0. The van der Waals surface area contributed by atoms with Crippen molar-refractivity contribution in [3.8, 4) is 11.4 Å². The molecule has 1 aromatic heterocycles. The maximum absolute atomic E-state index is 13.2. The molecular weight excluding hydrogens is 327 g/mol. The van der Waals surface area contributed by atoms with Crippen molar-refractivity contribution in [2.75, 3.05) is 0 Å². The Morgan fingerprint density at radius 3 is 2.75 bits per heavy atom. The number of hydrogen-bond donors (Lipinski definition) is 0. The van der Waals surface area contributed by atoms with Gasteiger partial charge in [0, 0.05) is 15.5 Å². The summed E-state index contributed by atoms with van der Waals surface area (Å²) in [6.07, 6.45) is 0.0729. The number of carbonyl (C=O) groups is 1. The molecule has 0 saturated carbocycles. The van der Waals surface area contributed by atoms with Crippen LogP contribution < -0.4 is 0 Å². The minimum Gasteiger partial charge on any atom is -0.338 e. The molecule has 0 aliphatic heterocycles. The van der Waals surface area contributed by atoms with Gasteiger partial charge in [-0.05, 0) is 18.2 Å². The highest BCUT2D eigenvalue weighted by Gasteiger charge is 2.24. The summed E-state index contributed by atoms with van der Waals surface area (Å²) in [5, 5.41) is 3.79. The Balaban J connectivity index is 2.25. The van der Waals surface area contributed by atoms with Crippen molar-refractivity contribution < 1.29 is 13.7 Å². The lowest BCUT2D eigenvalue weighted by Crippen LogP contribution is -2.22. The molecular formula is C14H14BrFN2O2. The normalized spacial score (nSPS) is 11.7. The van der Waals surface area contributed by atoms with Crippen molar-refractivity contribution in [1.29, 1.82) is 0 Å². The number of ketones is 1. The molecule has 1 heterocycles. The largest absolute Gasteiger partial charge is 0.338 e. The molecule has 4 nitrogen and oxygen atoms in total. The number of halogens is 2. The second-order valence-electron chi connectivity index (χ2n) is 5.49. The lowest BCUT2D eigenvalue weighted by molar-refractivity contribution is -0.125. The van der Waals surface area contributed by atoms with E-state index in [2.05, 4.69) is 26.1 Å². The van der Waals surface area contributed by atoms with Crippen LogP contribution in [0, 0.1) is 11.2 Å². The van der Waals surface area contributed by atoms with E-state index in [4.69, 9.17) is 4.52 Å². The number of rotatable bonds is 3. The van der Waals surface area contributed by atoms with Gasteiger partial charge in [-0.25, -0.2) is 4.39 Å². The molecule has 0 atom stereocenters. The highest BCUT2D eigenvalue weighted by atomic mass is 79.9. The number of nitrogens with zero attached hydrogens (tertiary/aromatic N) is 2. The fourth-order valence-electron chi connectivity index (χ4n) is 1.51. The average molecular weight is 341 g/mol. The third-order valence-electron chi connectivity index (χ3n) is 2.79. The van der Waals surface area contributed by atoms with Crippen molar-refractivity contribution >= 4 is 21.7 Å². The van der Waals surface area contributed by atoms with Crippen LogP contribution >= 0.6 is 15.9 Å². The van der Waals surface area contributed by atoms with E-state index in [1.165, 1.54) is 12.1 Å². The van der Waals surface area contributed by atoms with E-state index in [1.807, 2.05) is 20.8 Å². The monoisotopic (exact) mass is 340 g/mol. The van der Waals surface area contributed by atoms with Gasteiger partial charge >= 0.3 is 0 Å². The zero-order chi connectivity index (χ0) is 14.9. The lowest BCUT2D eigenvalue weighted by Gasteiger charge is -2.14. The summed E-state index contributed by atoms with van der Waals surface area (Å²) in [5.41, 5.74) is 0.0249. The van der Waals surface area contributed by atoms with Gasteiger partial charge in [-0.15, -0.1) is 0 Å². The Labute approximate surface area is 124 Å². The van der Waals surface area contributed by atoms with Crippen LogP contribution in [-0.4, -0.2) is 15.9 Å². The summed E-state index contributed by atoms with van der Waals surface area (Å²) < 4.78 is 19.0. The number of aromatic nitrogens is 2. The average Bonchev–Trinajstić information content (AvgIpc) is 2.79. The van der Waals surface area contributed by atoms with Gasteiger partial charge in [0.15, 0.2) is 0 Å². The van der Waals surface area contributed by atoms with Crippen LogP contribution in [0.5, 0.6) is 0 Å². The summed E-state index contributed by atoms with van der Waals surface area (Å²) in [6.45, 7) is 5.49. The zero-order valence-electron chi connectivity index (χ0n) is 11.4. The first kappa shape index (κ1) is 14.8. The number of carbonyl (C=O) groups excluding carboxylic acids is 1. The van der Waals surface area contributed by atoms with Gasteiger partial charge in [0.1, 0.15) is 11.6 Å². The highest BCUT2D eigenvalue weighted by molar-refractivity contribution is 9.10. The molecule has 0 saturated heterocycles. The van der Waals surface area contributed by atoms with Gasteiger partial charge in [0.2, 0.25) is 11.7 Å². The summed E-state index contributed by atoms with van der Waals surface area (Å²) in [6, 6.07) is 4.21. The molecule has 0 spiro atoms. The van der Waals surface area contributed by atoms with Crippen molar-refractivity contribution in [2.45, 2.75) is 27.2 Å². The minimum atomic E-state index is -0.464. The van der Waals surface area contributed by atoms with E-state index in [-0.39, 0.29) is 29.7 Å². The molecule has 2 rings (SSSR count). The van der Waals surface area contributed by atoms with Crippen molar-refractivity contribution in [3.05, 3.63) is 34.4 Å². The molecule has 6 heteroatoms. The predicted octanol–water partition coefficient (Wildman–Crippen LogP) is 3.80. The Morgan fingerprint density at radius 2 is 2.10 bits per heavy atom. The maximum atomic E-state index is 13.2. The first-order valence-electron chi connectivity index (χ1n) is 6.08. The summed E-state index contributed by atoms with van der Waals surface area (Å²) in [7, 11) is 0. The van der Waals surface area contributed by atoms with E-state index in [0.29, 0.717) is 10.0 Å². The molecule has 0 fully saturated rings. The van der Waals surface area contributed by atoms with E-state index < -0.39 is 5.41 Å². The van der Waals surface area contributed by atoms with E-state index >= 15 is 0 Å². The second kappa shape index (κ2) is 5.44. The molecule has 20 heavy (non-hydrogen) atoms. The molecule has 0 bridgehead atoms. The third-order valence-corrected chi connectivity index (χ3v) is 3.48. The Kier molecular flexibility index (Phi) is 4.04. The van der Waals surface area contributed by atoms with E-state index in [1.54, 1.807) is 6.07 Å². The van der Waals surface area contributed by atoms with Gasteiger partial charge in [-0.1, -0.05) is 41.9 Å². The Hall–Kier alpha value is -1.56. The van der Waals surface area contributed by atoms with Crippen LogP contribution in [0.25, 0.3) is 11.4 Å². The van der Waals surface area contributed by atoms with Crippen LogP contribution in [0.4, 0.5) is 4.39 Å². The Morgan fingerprint density at radius 1 is 1.40 bits per heavy atom. The first-order chi connectivity index (χ1) is 9.27. The second-order valence-corrected chi connectivity index (χ2v) is 6.34. The lowest BCUT2D eigenvalue weighted by atomic mass is 9.89. The molecule has 0 aliphatic rings. The molecule has 0 unspecified atom stereocenters. The van der Waals surface area contributed by atoms with Crippen molar-refractivity contribution in [2.24, 2.45) is 5.41 Å². The first-order valence-corrected chi connectivity index (χ1v) is 6.88. The quantitative estimate of drug-likeness (QED) is 0.852. The number of hydrogen-bond acceptors (Lipinski definition) is 4. The van der Waals surface area contributed by atoms with Gasteiger partial charge in [-0.3, -0.25) is 4.79 Å². The summed E-state index contributed by atoms with van der Waals surface area (Å²) in [5.74, 6) is 0.107. The number of benzene rings is 1. The van der Waals surface area contributed by atoms with Crippen LogP contribution in [-0.2, 0) is 11.2 Å². The standard InChI is InChI=1S/C14H14BrFN2O2/c1-14(2,3)11(19)7-12-17-13(18-20-12)9-6-8(16)4-5-10(9)15/h4-6H,7H2,1-3H3. The van der Waals surface area contributed by atoms with Crippen LogP contribution in [0.1, 0.15) is 26.7 Å². The predicted molar refractivity (Wildman–Crippen MR) is 75.6 cm³/mol. The van der Waals surface area contributed by atoms with Crippen LogP contribution in [0.2, 0.25) is 0 Å². The molecule has 0 aliphatic carbocycles. The molecule has 0 radical (unpaired) electrons.